The number of carbonyl (C=O) groups excluding carboxylic acids is 1. The molecule has 3 aromatic rings. The van der Waals surface area contributed by atoms with Crippen LogP contribution in [-0.4, -0.2) is 34.1 Å². The summed E-state index contributed by atoms with van der Waals surface area (Å²) >= 11 is 7.59. The second kappa shape index (κ2) is 8.37. The number of hydrogen-bond acceptors (Lipinski definition) is 4. The van der Waals surface area contributed by atoms with Crippen molar-refractivity contribution in [2.75, 3.05) is 13.1 Å². The van der Waals surface area contributed by atoms with Crippen LogP contribution in [0.4, 0.5) is 4.39 Å². The smallest absolute Gasteiger partial charge is 0.227 e. The molecule has 1 aliphatic rings. The molecule has 0 aliphatic carbocycles. The zero-order valence-corrected chi connectivity index (χ0v) is 16.7. The SMILES string of the molecule is O=C(Cc1ccccc1Cl)N1CCC[C@H](c2nnc(-c3ccccc3F)s2)C1. The van der Waals surface area contributed by atoms with Crippen LogP contribution in [0.15, 0.2) is 48.5 Å². The average Bonchev–Trinajstić information content (AvgIpc) is 3.20. The van der Waals surface area contributed by atoms with Gasteiger partial charge in [-0.05, 0) is 36.6 Å². The topological polar surface area (TPSA) is 46.1 Å². The van der Waals surface area contributed by atoms with E-state index in [0.29, 0.717) is 28.6 Å². The summed E-state index contributed by atoms with van der Waals surface area (Å²) in [5.74, 6) is -0.107. The molecule has 1 fully saturated rings. The lowest BCUT2D eigenvalue weighted by atomic mass is 9.98. The van der Waals surface area contributed by atoms with Crippen LogP contribution in [0.25, 0.3) is 10.6 Å². The Morgan fingerprint density at radius 2 is 1.96 bits per heavy atom. The number of piperidine rings is 1. The van der Waals surface area contributed by atoms with Crippen molar-refractivity contribution in [3.63, 3.8) is 0 Å². The molecule has 0 saturated carbocycles. The van der Waals surface area contributed by atoms with Gasteiger partial charge in [0.15, 0.2) is 5.01 Å². The highest BCUT2D eigenvalue weighted by atomic mass is 35.5. The number of nitrogens with zero attached hydrogens (tertiary/aromatic N) is 3. The van der Waals surface area contributed by atoms with Crippen LogP contribution in [0.1, 0.15) is 29.3 Å². The van der Waals surface area contributed by atoms with Crippen molar-refractivity contribution < 1.29 is 9.18 Å². The lowest BCUT2D eigenvalue weighted by Gasteiger charge is -2.31. The van der Waals surface area contributed by atoms with E-state index < -0.39 is 0 Å². The highest BCUT2D eigenvalue weighted by molar-refractivity contribution is 7.14. The van der Waals surface area contributed by atoms with Gasteiger partial charge in [-0.25, -0.2) is 4.39 Å². The number of rotatable bonds is 4. The molecule has 0 spiro atoms. The van der Waals surface area contributed by atoms with Gasteiger partial charge < -0.3 is 4.90 Å². The zero-order valence-electron chi connectivity index (χ0n) is 15.1. The Bertz CT molecular complexity index is 993. The standard InChI is InChI=1S/C21H19ClFN3OS/c22-17-9-3-1-6-14(17)12-19(27)26-11-5-7-15(13-26)20-24-25-21(28-20)16-8-2-4-10-18(16)23/h1-4,6,8-10,15H,5,7,11-13H2/t15-/m0/s1. The number of halogens is 2. The number of benzene rings is 2. The molecule has 1 amide bonds. The summed E-state index contributed by atoms with van der Waals surface area (Å²) in [6.45, 7) is 1.34. The summed E-state index contributed by atoms with van der Waals surface area (Å²) < 4.78 is 14.0. The van der Waals surface area contributed by atoms with E-state index in [0.717, 1.165) is 30.0 Å². The molecule has 1 saturated heterocycles. The molecule has 28 heavy (non-hydrogen) atoms. The minimum Gasteiger partial charge on any atom is -0.342 e. The average molecular weight is 416 g/mol. The molecule has 1 atom stereocenters. The van der Waals surface area contributed by atoms with Gasteiger partial charge in [-0.3, -0.25) is 4.79 Å². The van der Waals surface area contributed by atoms with Crippen LogP contribution in [0.2, 0.25) is 5.02 Å². The number of amides is 1. The monoisotopic (exact) mass is 415 g/mol. The van der Waals surface area contributed by atoms with Gasteiger partial charge in [0, 0.05) is 29.6 Å². The number of aromatic nitrogens is 2. The summed E-state index contributed by atoms with van der Waals surface area (Å²) in [7, 11) is 0. The van der Waals surface area contributed by atoms with Gasteiger partial charge in [0.05, 0.1) is 6.42 Å². The molecule has 0 unspecified atom stereocenters. The van der Waals surface area contributed by atoms with Crippen molar-refractivity contribution in [1.82, 2.24) is 15.1 Å². The fourth-order valence-corrected chi connectivity index (χ4v) is 4.66. The van der Waals surface area contributed by atoms with Gasteiger partial charge in [-0.2, -0.15) is 0 Å². The van der Waals surface area contributed by atoms with Crippen LogP contribution in [0, 0.1) is 5.82 Å². The van der Waals surface area contributed by atoms with E-state index in [4.69, 9.17) is 11.6 Å². The minimum atomic E-state index is -0.301. The molecule has 1 aromatic heterocycles. The second-order valence-electron chi connectivity index (χ2n) is 6.87. The van der Waals surface area contributed by atoms with Gasteiger partial charge in [-0.1, -0.05) is 53.3 Å². The first-order valence-electron chi connectivity index (χ1n) is 9.21. The molecule has 2 heterocycles. The number of hydrogen-bond donors (Lipinski definition) is 0. The van der Waals surface area contributed by atoms with Crippen molar-refractivity contribution in [3.05, 3.63) is 69.9 Å². The third-order valence-corrected chi connectivity index (χ3v) is 6.46. The third-order valence-electron chi connectivity index (χ3n) is 4.97. The molecule has 4 rings (SSSR count). The van der Waals surface area contributed by atoms with Crippen molar-refractivity contribution in [2.24, 2.45) is 0 Å². The van der Waals surface area contributed by atoms with E-state index in [2.05, 4.69) is 10.2 Å². The maximum atomic E-state index is 14.0. The number of carbonyl (C=O) groups is 1. The summed E-state index contributed by atoms with van der Waals surface area (Å²) in [5, 5.41) is 10.5. The first-order valence-corrected chi connectivity index (χ1v) is 10.4. The summed E-state index contributed by atoms with van der Waals surface area (Å²) in [6.07, 6.45) is 2.15. The van der Waals surface area contributed by atoms with Crippen molar-refractivity contribution in [3.8, 4) is 10.6 Å². The Morgan fingerprint density at radius 3 is 2.79 bits per heavy atom. The first kappa shape index (κ1) is 19.0. The Labute approximate surface area is 172 Å². The molecule has 0 bridgehead atoms. The first-order chi connectivity index (χ1) is 13.6. The van der Waals surface area contributed by atoms with Crippen LogP contribution in [0.5, 0.6) is 0 Å². The lowest BCUT2D eigenvalue weighted by molar-refractivity contribution is -0.131. The molecular formula is C21H19ClFN3OS. The summed E-state index contributed by atoms with van der Waals surface area (Å²) in [5.41, 5.74) is 1.31. The highest BCUT2D eigenvalue weighted by Gasteiger charge is 2.28. The molecule has 0 N–H and O–H groups in total. The maximum Gasteiger partial charge on any atom is 0.227 e. The van der Waals surface area contributed by atoms with Gasteiger partial charge in [0.25, 0.3) is 0 Å². The normalized spacial score (nSPS) is 16.9. The van der Waals surface area contributed by atoms with Crippen molar-refractivity contribution >= 4 is 28.8 Å². The van der Waals surface area contributed by atoms with E-state index in [1.54, 1.807) is 24.3 Å². The molecule has 0 radical (unpaired) electrons. The quantitative estimate of drug-likeness (QED) is 0.605. The van der Waals surface area contributed by atoms with E-state index in [9.17, 15) is 9.18 Å². The van der Waals surface area contributed by atoms with E-state index in [-0.39, 0.29) is 17.6 Å². The molecule has 144 valence electrons. The van der Waals surface area contributed by atoms with E-state index in [1.807, 2.05) is 23.1 Å². The van der Waals surface area contributed by atoms with Gasteiger partial charge in [0.1, 0.15) is 10.8 Å². The van der Waals surface area contributed by atoms with Crippen molar-refractivity contribution in [2.45, 2.75) is 25.2 Å². The molecule has 1 aliphatic heterocycles. The van der Waals surface area contributed by atoms with Gasteiger partial charge >= 0.3 is 0 Å². The number of likely N-dealkylation sites (tertiary alicyclic amines) is 1. The van der Waals surface area contributed by atoms with Crippen LogP contribution in [-0.2, 0) is 11.2 Å². The molecule has 4 nitrogen and oxygen atoms in total. The second-order valence-corrected chi connectivity index (χ2v) is 8.29. The Kier molecular flexibility index (Phi) is 5.69. The van der Waals surface area contributed by atoms with Gasteiger partial charge in [0.2, 0.25) is 5.91 Å². The molecule has 7 heteroatoms. The predicted molar refractivity (Wildman–Crippen MR) is 109 cm³/mol. The fraction of sp³-hybridized carbons (Fsp3) is 0.286. The summed E-state index contributed by atoms with van der Waals surface area (Å²) in [4.78, 5) is 14.6. The predicted octanol–water partition coefficient (Wildman–Crippen LogP) is 4.95. The maximum absolute atomic E-state index is 14.0. The Morgan fingerprint density at radius 1 is 1.18 bits per heavy atom. The van der Waals surface area contributed by atoms with Crippen LogP contribution < -0.4 is 0 Å². The molecular weight excluding hydrogens is 397 g/mol. The lowest BCUT2D eigenvalue weighted by Crippen LogP contribution is -2.40. The van der Waals surface area contributed by atoms with Crippen molar-refractivity contribution in [1.29, 1.82) is 0 Å². The fourth-order valence-electron chi connectivity index (χ4n) is 3.46. The third kappa shape index (κ3) is 4.08. The Balaban J connectivity index is 1.46. The zero-order chi connectivity index (χ0) is 19.5. The highest BCUT2D eigenvalue weighted by Crippen LogP contribution is 2.33. The van der Waals surface area contributed by atoms with Crippen LogP contribution in [0.3, 0.4) is 0 Å². The largest absolute Gasteiger partial charge is 0.342 e. The molecule has 2 aromatic carbocycles. The van der Waals surface area contributed by atoms with Gasteiger partial charge in [-0.15, -0.1) is 10.2 Å². The summed E-state index contributed by atoms with van der Waals surface area (Å²) in [6, 6.07) is 14.0. The van der Waals surface area contributed by atoms with Crippen LogP contribution >= 0.6 is 22.9 Å². The Hall–Kier alpha value is -2.31. The van der Waals surface area contributed by atoms with E-state index in [1.165, 1.54) is 17.4 Å². The van der Waals surface area contributed by atoms with E-state index >= 15 is 0 Å². The minimum absolute atomic E-state index is 0.0663.